The number of cyclic esters (lactones) is 2. The van der Waals surface area contributed by atoms with Crippen molar-refractivity contribution in [2.45, 2.75) is 70.6 Å². The van der Waals surface area contributed by atoms with Gasteiger partial charge in [0.15, 0.2) is 0 Å². The van der Waals surface area contributed by atoms with Gasteiger partial charge >= 0.3 is 11.9 Å². The molecule has 1 unspecified atom stereocenters. The maximum Gasteiger partial charge on any atom is 0.330 e. The van der Waals surface area contributed by atoms with Gasteiger partial charge in [0, 0.05) is 19.6 Å². The highest BCUT2D eigenvalue weighted by molar-refractivity contribution is 5.82. The minimum Gasteiger partial charge on any atom is -0.497 e. The molecule has 0 bridgehead atoms. The van der Waals surface area contributed by atoms with Crippen LogP contribution in [0.4, 0.5) is 0 Å². The van der Waals surface area contributed by atoms with Gasteiger partial charge in [0.25, 0.3) is 0 Å². The Labute approximate surface area is 207 Å². The molecule has 0 fully saturated rings. The van der Waals surface area contributed by atoms with Gasteiger partial charge in [0.2, 0.25) is 0 Å². The van der Waals surface area contributed by atoms with Crippen LogP contribution in [0.2, 0.25) is 0 Å². The number of benzene rings is 1. The van der Waals surface area contributed by atoms with Gasteiger partial charge < -0.3 is 33.2 Å². The van der Waals surface area contributed by atoms with Crippen molar-refractivity contribution >= 4 is 11.9 Å². The second-order valence-electron chi connectivity index (χ2n) is 8.34. The SMILES string of the molecule is COCCOCOC1CCC(=O)O[C@H](C)CC[C@@H](OCc2ccc(OC)cc2)/C=C\C(=O)O[C@@H]1C. The second kappa shape index (κ2) is 16.3. The molecule has 9 nitrogen and oxygen atoms in total. The topological polar surface area (TPSA) is 98.8 Å². The van der Waals surface area contributed by atoms with Crippen molar-refractivity contribution in [1.29, 1.82) is 0 Å². The predicted molar refractivity (Wildman–Crippen MR) is 128 cm³/mol. The van der Waals surface area contributed by atoms with E-state index in [-0.39, 0.29) is 31.4 Å². The zero-order chi connectivity index (χ0) is 25.5. The molecule has 196 valence electrons. The summed E-state index contributed by atoms with van der Waals surface area (Å²) < 4.78 is 38.3. The van der Waals surface area contributed by atoms with Crippen LogP contribution in [0.25, 0.3) is 0 Å². The van der Waals surface area contributed by atoms with Crippen LogP contribution in [0.1, 0.15) is 45.1 Å². The number of ether oxygens (including phenoxy) is 7. The molecule has 0 aliphatic carbocycles. The van der Waals surface area contributed by atoms with Crippen molar-refractivity contribution in [1.82, 2.24) is 0 Å². The van der Waals surface area contributed by atoms with Gasteiger partial charge in [-0.05, 0) is 56.9 Å². The van der Waals surface area contributed by atoms with Crippen molar-refractivity contribution in [3.8, 4) is 5.75 Å². The summed E-state index contributed by atoms with van der Waals surface area (Å²) >= 11 is 0. The van der Waals surface area contributed by atoms with E-state index in [2.05, 4.69) is 0 Å². The molecule has 0 spiro atoms. The van der Waals surface area contributed by atoms with E-state index in [1.54, 1.807) is 27.2 Å². The largest absolute Gasteiger partial charge is 0.497 e. The van der Waals surface area contributed by atoms with E-state index in [1.807, 2.05) is 31.2 Å². The van der Waals surface area contributed by atoms with Crippen molar-refractivity contribution in [3.63, 3.8) is 0 Å². The maximum atomic E-state index is 12.5. The number of carbonyl (C=O) groups is 2. The molecule has 0 saturated carbocycles. The van der Waals surface area contributed by atoms with Gasteiger partial charge in [-0.2, -0.15) is 0 Å². The standard InChI is InChI=1S/C26H38O9/c1-19-5-8-23(32-17-21-6-9-22(30-4)10-7-21)11-13-26(28)35-20(2)24(12-14-25(27)34-19)33-18-31-16-15-29-3/h6-7,9-11,13,19-20,23-24H,5,8,12,14-18H2,1-4H3/b13-11-/t19-,20-,23-,24?/m1/s1. The molecule has 1 aromatic rings. The highest BCUT2D eigenvalue weighted by Crippen LogP contribution is 2.18. The lowest BCUT2D eigenvalue weighted by atomic mass is 10.1. The number of methoxy groups -OCH3 is 2. The first-order valence-corrected chi connectivity index (χ1v) is 11.9. The molecule has 0 N–H and O–H groups in total. The van der Waals surface area contributed by atoms with Crippen LogP contribution < -0.4 is 4.74 Å². The average molecular weight is 495 g/mol. The summed E-state index contributed by atoms with van der Waals surface area (Å²) in [5.74, 6) is -0.0617. The van der Waals surface area contributed by atoms with E-state index in [9.17, 15) is 9.59 Å². The fourth-order valence-corrected chi connectivity index (χ4v) is 3.44. The molecule has 1 aliphatic heterocycles. The molecule has 0 amide bonds. The summed E-state index contributed by atoms with van der Waals surface area (Å²) in [5.41, 5.74) is 0.974. The third-order valence-corrected chi connectivity index (χ3v) is 5.52. The first kappa shape index (κ1) is 28.8. The lowest BCUT2D eigenvalue weighted by molar-refractivity contribution is -0.165. The van der Waals surface area contributed by atoms with Crippen molar-refractivity contribution in [2.75, 3.05) is 34.2 Å². The highest BCUT2D eigenvalue weighted by Gasteiger charge is 2.24. The van der Waals surface area contributed by atoms with Gasteiger partial charge in [-0.15, -0.1) is 0 Å². The lowest BCUT2D eigenvalue weighted by Crippen LogP contribution is -2.33. The quantitative estimate of drug-likeness (QED) is 0.275. The number of hydrogen-bond acceptors (Lipinski definition) is 9. The van der Waals surface area contributed by atoms with E-state index < -0.39 is 18.2 Å². The van der Waals surface area contributed by atoms with Gasteiger partial charge in [0.1, 0.15) is 18.6 Å². The summed E-state index contributed by atoms with van der Waals surface area (Å²) in [6.45, 7) is 4.74. The normalized spacial score (nSPS) is 25.3. The molecule has 2 rings (SSSR count). The molecule has 1 heterocycles. The summed E-state index contributed by atoms with van der Waals surface area (Å²) in [6, 6.07) is 7.57. The predicted octanol–water partition coefficient (Wildman–Crippen LogP) is 3.58. The first-order chi connectivity index (χ1) is 16.9. The minimum atomic E-state index is -0.593. The molecule has 0 aromatic heterocycles. The zero-order valence-corrected chi connectivity index (χ0v) is 21.1. The molecule has 4 atom stereocenters. The van der Waals surface area contributed by atoms with Crippen LogP contribution in [0.3, 0.4) is 0 Å². The second-order valence-corrected chi connectivity index (χ2v) is 8.34. The molecular weight excluding hydrogens is 456 g/mol. The molecular formula is C26H38O9. The Morgan fingerprint density at radius 3 is 2.43 bits per heavy atom. The van der Waals surface area contributed by atoms with E-state index >= 15 is 0 Å². The van der Waals surface area contributed by atoms with Crippen LogP contribution >= 0.6 is 0 Å². The van der Waals surface area contributed by atoms with E-state index in [1.165, 1.54) is 6.08 Å². The summed E-state index contributed by atoms with van der Waals surface area (Å²) in [6.07, 6.45) is 2.95. The van der Waals surface area contributed by atoms with E-state index in [0.29, 0.717) is 39.1 Å². The van der Waals surface area contributed by atoms with Crippen molar-refractivity contribution in [2.24, 2.45) is 0 Å². The number of esters is 2. The maximum absolute atomic E-state index is 12.5. The number of rotatable bonds is 10. The fourth-order valence-electron chi connectivity index (χ4n) is 3.44. The van der Waals surface area contributed by atoms with Gasteiger partial charge in [-0.3, -0.25) is 4.79 Å². The third-order valence-electron chi connectivity index (χ3n) is 5.52. The zero-order valence-electron chi connectivity index (χ0n) is 21.1. The van der Waals surface area contributed by atoms with Crippen molar-refractivity contribution < 1.29 is 42.7 Å². The van der Waals surface area contributed by atoms with E-state index in [0.717, 1.165) is 11.3 Å². The van der Waals surface area contributed by atoms with Crippen LogP contribution in [0, 0.1) is 0 Å². The van der Waals surface area contributed by atoms with Crippen LogP contribution in [-0.2, 0) is 44.6 Å². The minimum absolute atomic E-state index is 0.00151. The average Bonchev–Trinajstić information content (AvgIpc) is 2.84. The summed E-state index contributed by atoms with van der Waals surface area (Å²) in [5, 5.41) is 0. The first-order valence-electron chi connectivity index (χ1n) is 11.9. The van der Waals surface area contributed by atoms with Crippen molar-refractivity contribution in [3.05, 3.63) is 42.0 Å². The monoisotopic (exact) mass is 494 g/mol. The Bertz CT molecular complexity index is 778. The molecule has 35 heavy (non-hydrogen) atoms. The Kier molecular flexibility index (Phi) is 13.4. The molecule has 1 aliphatic rings. The Morgan fingerprint density at radius 1 is 0.943 bits per heavy atom. The number of hydrogen-bond donors (Lipinski definition) is 0. The molecule has 0 radical (unpaired) electrons. The summed E-state index contributed by atoms with van der Waals surface area (Å²) in [7, 11) is 3.20. The van der Waals surface area contributed by atoms with Crippen LogP contribution in [0.5, 0.6) is 5.75 Å². The molecule has 1 aromatic carbocycles. The van der Waals surface area contributed by atoms with E-state index in [4.69, 9.17) is 33.2 Å². The Hall–Kier alpha value is -2.46. The Morgan fingerprint density at radius 2 is 1.71 bits per heavy atom. The van der Waals surface area contributed by atoms with Crippen LogP contribution in [-0.4, -0.2) is 70.6 Å². The third kappa shape index (κ3) is 11.7. The fraction of sp³-hybridized carbons (Fsp3) is 0.615. The Balaban J connectivity index is 2.02. The molecule has 9 heteroatoms. The smallest absolute Gasteiger partial charge is 0.330 e. The molecule has 0 saturated heterocycles. The van der Waals surface area contributed by atoms with Gasteiger partial charge in [0.05, 0.1) is 45.2 Å². The van der Waals surface area contributed by atoms with Gasteiger partial charge in [-0.1, -0.05) is 12.1 Å². The number of carbonyl (C=O) groups excluding carboxylic acids is 2. The highest BCUT2D eigenvalue weighted by atomic mass is 16.7. The lowest BCUT2D eigenvalue weighted by Gasteiger charge is -2.25. The summed E-state index contributed by atoms with van der Waals surface area (Å²) in [4.78, 5) is 24.8. The van der Waals surface area contributed by atoms with Crippen LogP contribution in [0.15, 0.2) is 36.4 Å². The van der Waals surface area contributed by atoms with Gasteiger partial charge in [-0.25, -0.2) is 4.79 Å².